The maximum Gasteiger partial charge on any atom is 0.167 e. The molecule has 10 nitrogen and oxygen atoms in total. The van der Waals surface area contributed by atoms with Crippen molar-refractivity contribution in [2.75, 3.05) is 11.9 Å². The van der Waals surface area contributed by atoms with Crippen molar-refractivity contribution >= 4 is 17.0 Å². The maximum absolute atomic E-state index is 10.2. The summed E-state index contributed by atoms with van der Waals surface area (Å²) in [4.78, 5) is 12.7. The standard InChI is InChI=1S/C16H19N5O5/c1-8-2-3-9(25-8)4-17-14-11-15(19-6-18-14)21(7-20-11)16-13(24)12(23)10(5-22)26-16/h2-3,6-7,10,12-13,16,22-24H,4-5H2,1H3,(H,17,18,19)/t10-,12+,13?,16-/m1/s1. The van der Waals surface area contributed by atoms with Gasteiger partial charge in [-0.3, -0.25) is 4.57 Å². The molecule has 1 aliphatic heterocycles. The van der Waals surface area contributed by atoms with Crippen molar-refractivity contribution in [3.8, 4) is 0 Å². The summed E-state index contributed by atoms with van der Waals surface area (Å²) in [5.41, 5.74) is 0.932. The number of hydrogen-bond acceptors (Lipinski definition) is 9. The minimum Gasteiger partial charge on any atom is -0.465 e. The van der Waals surface area contributed by atoms with Crippen molar-refractivity contribution in [1.82, 2.24) is 19.5 Å². The molecule has 4 rings (SSSR count). The van der Waals surface area contributed by atoms with Crippen LogP contribution in [0.5, 0.6) is 0 Å². The summed E-state index contributed by atoms with van der Waals surface area (Å²) < 4.78 is 12.6. The van der Waals surface area contributed by atoms with E-state index in [9.17, 15) is 15.3 Å². The molecule has 0 saturated carbocycles. The Morgan fingerprint density at radius 3 is 2.73 bits per heavy atom. The molecule has 0 aromatic carbocycles. The number of ether oxygens (including phenoxy) is 1. The number of aromatic nitrogens is 4. The average molecular weight is 361 g/mol. The molecule has 1 fully saturated rings. The van der Waals surface area contributed by atoms with Gasteiger partial charge in [0.05, 0.1) is 19.5 Å². The number of nitrogens with one attached hydrogen (secondary N) is 1. The topological polar surface area (TPSA) is 139 Å². The minimum absolute atomic E-state index is 0.397. The number of aliphatic hydroxyl groups excluding tert-OH is 3. The van der Waals surface area contributed by atoms with Gasteiger partial charge in [0.15, 0.2) is 23.2 Å². The van der Waals surface area contributed by atoms with Crippen LogP contribution in [0.4, 0.5) is 5.82 Å². The molecule has 1 saturated heterocycles. The third-order valence-corrected chi connectivity index (χ3v) is 4.38. The van der Waals surface area contributed by atoms with Crippen molar-refractivity contribution < 1.29 is 24.5 Å². The molecule has 0 bridgehead atoms. The lowest BCUT2D eigenvalue weighted by Gasteiger charge is -2.16. The van der Waals surface area contributed by atoms with Gasteiger partial charge in [-0.2, -0.15) is 0 Å². The number of aliphatic hydroxyl groups is 3. The Labute approximate surface area is 148 Å². The fraction of sp³-hybridized carbons (Fsp3) is 0.438. The second-order valence-electron chi connectivity index (χ2n) is 6.14. The molecule has 0 radical (unpaired) electrons. The molecule has 138 valence electrons. The van der Waals surface area contributed by atoms with E-state index in [0.29, 0.717) is 23.5 Å². The lowest BCUT2D eigenvalue weighted by molar-refractivity contribution is -0.0511. The number of aryl methyl sites for hydroxylation is 1. The molecular weight excluding hydrogens is 342 g/mol. The molecule has 3 aromatic heterocycles. The van der Waals surface area contributed by atoms with Gasteiger partial charge < -0.3 is 29.8 Å². The first kappa shape index (κ1) is 16.9. The monoisotopic (exact) mass is 361 g/mol. The first-order valence-electron chi connectivity index (χ1n) is 8.17. The van der Waals surface area contributed by atoms with Crippen molar-refractivity contribution in [2.24, 2.45) is 0 Å². The van der Waals surface area contributed by atoms with Crippen LogP contribution < -0.4 is 5.32 Å². The van der Waals surface area contributed by atoms with Crippen LogP contribution in [0.2, 0.25) is 0 Å². The Morgan fingerprint density at radius 1 is 1.19 bits per heavy atom. The number of imidazole rings is 1. The van der Waals surface area contributed by atoms with Gasteiger partial charge in [-0.1, -0.05) is 0 Å². The zero-order valence-corrected chi connectivity index (χ0v) is 14.0. The molecule has 0 spiro atoms. The molecule has 26 heavy (non-hydrogen) atoms. The van der Waals surface area contributed by atoms with Crippen LogP contribution in [-0.4, -0.2) is 59.8 Å². The zero-order valence-electron chi connectivity index (χ0n) is 14.0. The maximum atomic E-state index is 10.2. The second-order valence-corrected chi connectivity index (χ2v) is 6.14. The van der Waals surface area contributed by atoms with Crippen molar-refractivity contribution in [3.63, 3.8) is 0 Å². The Hall–Kier alpha value is -2.53. The van der Waals surface area contributed by atoms with E-state index in [1.54, 1.807) is 0 Å². The third kappa shape index (κ3) is 2.82. The van der Waals surface area contributed by atoms with Gasteiger partial charge in [0.2, 0.25) is 0 Å². The number of hydrogen-bond donors (Lipinski definition) is 4. The second kappa shape index (κ2) is 6.65. The summed E-state index contributed by atoms with van der Waals surface area (Å²) in [5.74, 6) is 2.09. The summed E-state index contributed by atoms with van der Waals surface area (Å²) in [5, 5.41) is 32.5. The van der Waals surface area contributed by atoms with E-state index >= 15 is 0 Å². The highest BCUT2D eigenvalue weighted by molar-refractivity contribution is 5.82. The zero-order chi connectivity index (χ0) is 18.3. The van der Waals surface area contributed by atoms with E-state index in [4.69, 9.17) is 9.15 Å². The third-order valence-electron chi connectivity index (χ3n) is 4.38. The Morgan fingerprint density at radius 2 is 2.04 bits per heavy atom. The van der Waals surface area contributed by atoms with E-state index in [0.717, 1.165) is 11.5 Å². The van der Waals surface area contributed by atoms with Crippen LogP contribution in [0.15, 0.2) is 29.2 Å². The first-order valence-corrected chi connectivity index (χ1v) is 8.17. The summed E-state index contributed by atoms with van der Waals surface area (Å²) >= 11 is 0. The van der Waals surface area contributed by atoms with Gasteiger partial charge >= 0.3 is 0 Å². The molecule has 4 atom stereocenters. The number of furan rings is 1. The van der Waals surface area contributed by atoms with E-state index in [1.165, 1.54) is 17.2 Å². The Balaban J connectivity index is 1.61. The number of fused-ring (bicyclic) bond motifs is 1. The molecule has 1 aliphatic rings. The van der Waals surface area contributed by atoms with Crippen LogP contribution in [0.25, 0.3) is 11.2 Å². The van der Waals surface area contributed by atoms with Crippen LogP contribution in [0.3, 0.4) is 0 Å². The van der Waals surface area contributed by atoms with E-state index < -0.39 is 31.1 Å². The molecule has 0 aliphatic carbocycles. The molecule has 10 heteroatoms. The van der Waals surface area contributed by atoms with Gasteiger partial charge in [0.1, 0.15) is 36.2 Å². The van der Waals surface area contributed by atoms with Crippen LogP contribution >= 0.6 is 0 Å². The van der Waals surface area contributed by atoms with E-state index in [-0.39, 0.29) is 0 Å². The summed E-state index contributed by atoms with van der Waals surface area (Å²) in [6.07, 6.45) is -1.33. The minimum atomic E-state index is -1.21. The number of rotatable bonds is 5. The van der Waals surface area contributed by atoms with Gasteiger partial charge in [-0.05, 0) is 19.1 Å². The highest BCUT2D eigenvalue weighted by Gasteiger charge is 2.44. The van der Waals surface area contributed by atoms with Gasteiger partial charge in [0, 0.05) is 0 Å². The quantitative estimate of drug-likeness (QED) is 0.492. The van der Waals surface area contributed by atoms with Crippen molar-refractivity contribution in [2.45, 2.75) is 38.0 Å². The molecule has 1 unspecified atom stereocenters. The predicted octanol–water partition coefficient (Wildman–Crippen LogP) is -0.0487. The van der Waals surface area contributed by atoms with E-state index in [1.807, 2.05) is 19.1 Å². The molecule has 3 aromatic rings. The highest BCUT2D eigenvalue weighted by Crippen LogP contribution is 2.32. The summed E-state index contributed by atoms with van der Waals surface area (Å²) in [6, 6.07) is 3.75. The first-order chi connectivity index (χ1) is 12.6. The smallest absolute Gasteiger partial charge is 0.167 e. The van der Waals surface area contributed by atoms with Gasteiger partial charge in [-0.25, -0.2) is 15.0 Å². The van der Waals surface area contributed by atoms with Gasteiger partial charge in [0.25, 0.3) is 0 Å². The Kier molecular flexibility index (Phi) is 4.32. The predicted molar refractivity (Wildman–Crippen MR) is 89.1 cm³/mol. The molecular formula is C16H19N5O5. The Bertz CT molecular complexity index is 909. The molecule has 4 N–H and O–H groups in total. The number of nitrogens with zero attached hydrogens (tertiary/aromatic N) is 4. The fourth-order valence-electron chi connectivity index (χ4n) is 3.03. The average Bonchev–Trinajstić information content (AvgIpc) is 3.32. The highest BCUT2D eigenvalue weighted by atomic mass is 16.6. The van der Waals surface area contributed by atoms with Crippen LogP contribution in [-0.2, 0) is 11.3 Å². The largest absolute Gasteiger partial charge is 0.465 e. The van der Waals surface area contributed by atoms with E-state index in [2.05, 4.69) is 20.3 Å². The van der Waals surface area contributed by atoms with Crippen molar-refractivity contribution in [1.29, 1.82) is 0 Å². The lowest BCUT2D eigenvalue weighted by Crippen LogP contribution is -2.33. The SMILES string of the molecule is Cc1ccc(CNc2ncnc3c2ncn3[C@@H]2O[C@H](CO)[C@H](O)C2O)o1. The summed E-state index contributed by atoms with van der Waals surface area (Å²) in [7, 11) is 0. The lowest BCUT2D eigenvalue weighted by atomic mass is 10.1. The van der Waals surface area contributed by atoms with Crippen LogP contribution in [0, 0.1) is 6.92 Å². The fourth-order valence-corrected chi connectivity index (χ4v) is 3.03. The van der Waals surface area contributed by atoms with Gasteiger partial charge in [-0.15, -0.1) is 0 Å². The number of anilines is 1. The molecule has 0 amide bonds. The van der Waals surface area contributed by atoms with Crippen molar-refractivity contribution in [3.05, 3.63) is 36.3 Å². The summed E-state index contributed by atoms with van der Waals surface area (Å²) in [6.45, 7) is 1.90. The normalized spacial score (nSPS) is 25.8. The molecule has 4 heterocycles. The van der Waals surface area contributed by atoms with Crippen LogP contribution in [0.1, 0.15) is 17.7 Å².